The molecule has 7 nitrogen and oxygen atoms in total. The van der Waals surface area contributed by atoms with Crippen LogP contribution in [0.4, 0.5) is 0 Å². The summed E-state index contributed by atoms with van der Waals surface area (Å²) in [7, 11) is 0. The highest BCUT2D eigenvalue weighted by molar-refractivity contribution is 5.89. The Morgan fingerprint density at radius 1 is 1.33 bits per heavy atom. The van der Waals surface area contributed by atoms with Crippen molar-refractivity contribution >= 4 is 17.8 Å². The number of nitrogens with one attached hydrogen (secondary N) is 1. The summed E-state index contributed by atoms with van der Waals surface area (Å²) >= 11 is 0. The van der Waals surface area contributed by atoms with Crippen molar-refractivity contribution in [3.8, 4) is 0 Å². The Morgan fingerprint density at radius 3 is 2.46 bits per heavy atom. The van der Waals surface area contributed by atoms with Crippen LogP contribution in [0, 0.1) is 16.7 Å². The highest BCUT2D eigenvalue weighted by atomic mass is 16.5. The van der Waals surface area contributed by atoms with Gasteiger partial charge < -0.3 is 20.9 Å². The van der Waals surface area contributed by atoms with Crippen molar-refractivity contribution in [1.82, 2.24) is 5.32 Å². The number of fused-ring (bicyclic) bond motifs is 2. The van der Waals surface area contributed by atoms with Crippen LogP contribution in [-0.2, 0) is 19.1 Å². The predicted molar refractivity (Wildman–Crippen MR) is 86.9 cm³/mol. The molecule has 2 fully saturated rings. The lowest BCUT2D eigenvalue weighted by molar-refractivity contribution is -0.167. The Morgan fingerprint density at radius 2 is 1.96 bits per heavy atom. The molecule has 0 heterocycles. The third kappa shape index (κ3) is 3.41. The first-order valence-electron chi connectivity index (χ1n) is 8.45. The molecule has 2 aliphatic carbocycles. The highest BCUT2D eigenvalue weighted by Crippen LogP contribution is 2.63. The lowest BCUT2D eigenvalue weighted by Gasteiger charge is -2.42. The number of carboxylic acids is 1. The summed E-state index contributed by atoms with van der Waals surface area (Å²) in [5.74, 6) is -1.78. The molecule has 5 atom stereocenters. The number of amides is 1. The molecule has 0 radical (unpaired) electrons. The van der Waals surface area contributed by atoms with E-state index in [-0.39, 0.29) is 16.9 Å². The van der Waals surface area contributed by atoms with Gasteiger partial charge in [-0.25, -0.2) is 4.79 Å². The average molecular weight is 340 g/mol. The van der Waals surface area contributed by atoms with Crippen LogP contribution in [0.2, 0.25) is 0 Å². The summed E-state index contributed by atoms with van der Waals surface area (Å²) in [6.07, 6.45) is 2.60. The summed E-state index contributed by atoms with van der Waals surface area (Å²) < 4.78 is 5.78. The molecule has 0 aromatic heterocycles. The number of ether oxygens (including phenoxy) is 1. The van der Waals surface area contributed by atoms with Gasteiger partial charge >= 0.3 is 11.9 Å². The van der Waals surface area contributed by atoms with Gasteiger partial charge in [0.15, 0.2) is 0 Å². The first-order valence-corrected chi connectivity index (χ1v) is 8.45. The summed E-state index contributed by atoms with van der Waals surface area (Å²) in [4.78, 5) is 34.8. The molecule has 0 spiro atoms. The zero-order valence-corrected chi connectivity index (χ0v) is 14.8. The van der Waals surface area contributed by atoms with E-state index >= 15 is 0 Å². The molecule has 0 aromatic carbocycles. The van der Waals surface area contributed by atoms with Gasteiger partial charge in [-0.2, -0.15) is 0 Å². The summed E-state index contributed by atoms with van der Waals surface area (Å²) in [6, 6.07) is -2.05. The lowest BCUT2D eigenvalue weighted by Crippen LogP contribution is -2.51. The van der Waals surface area contributed by atoms with Gasteiger partial charge in [0.05, 0.1) is 12.5 Å². The lowest BCUT2D eigenvalue weighted by atomic mass is 9.70. The Labute approximate surface area is 142 Å². The van der Waals surface area contributed by atoms with Gasteiger partial charge in [-0.05, 0) is 32.1 Å². The Balaban J connectivity index is 1.95. The zero-order chi connectivity index (χ0) is 18.3. The molecule has 2 saturated carbocycles. The molecule has 0 aliphatic heterocycles. The van der Waals surface area contributed by atoms with E-state index in [1.165, 1.54) is 6.92 Å². The first kappa shape index (κ1) is 18.7. The number of esters is 1. The van der Waals surface area contributed by atoms with Crippen molar-refractivity contribution in [3.63, 3.8) is 0 Å². The highest BCUT2D eigenvalue weighted by Gasteiger charge is 2.61. The van der Waals surface area contributed by atoms with Crippen LogP contribution in [-0.4, -0.2) is 41.1 Å². The van der Waals surface area contributed by atoms with Crippen LogP contribution in [0.3, 0.4) is 0 Å². The predicted octanol–water partition coefficient (Wildman–Crippen LogP) is 1.05. The molecule has 0 aromatic rings. The van der Waals surface area contributed by atoms with Crippen LogP contribution in [0.25, 0.3) is 0 Å². The molecular weight excluding hydrogens is 312 g/mol. The number of nitrogens with two attached hydrogens (primary N) is 1. The van der Waals surface area contributed by atoms with Crippen molar-refractivity contribution < 1.29 is 24.2 Å². The molecule has 2 bridgehead atoms. The standard InChI is InChI=1S/C17H28N2O5/c1-9(19-13(22)11(18)7-12(20)21)14(23)24-15-16(2,3)10-5-6-17(15,4)8-10/h9-11,15H,5-8,18H2,1-4H3,(H,19,22)(H,20,21)/t9?,10?,11-,15?,17?/m0/s1. The number of carbonyl (C=O) groups excluding carboxylic acids is 2. The maximum atomic E-state index is 12.4. The molecule has 136 valence electrons. The van der Waals surface area contributed by atoms with Crippen molar-refractivity contribution in [1.29, 1.82) is 0 Å². The molecule has 0 saturated heterocycles. The number of hydrogen-bond acceptors (Lipinski definition) is 5. The molecule has 2 aliphatic rings. The summed E-state index contributed by atoms with van der Waals surface area (Å²) in [5.41, 5.74) is 5.41. The largest absolute Gasteiger partial charge is 0.481 e. The molecular formula is C17H28N2O5. The second kappa shape index (κ2) is 6.35. The molecule has 2 rings (SSSR count). The van der Waals surface area contributed by atoms with E-state index in [0.717, 1.165) is 19.3 Å². The van der Waals surface area contributed by atoms with Crippen LogP contribution in [0.5, 0.6) is 0 Å². The second-order valence-electron chi connectivity index (χ2n) is 8.17. The summed E-state index contributed by atoms with van der Waals surface area (Å²) in [6.45, 7) is 7.94. The minimum atomic E-state index is -1.19. The van der Waals surface area contributed by atoms with Crippen LogP contribution in [0.1, 0.15) is 53.4 Å². The van der Waals surface area contributed by atoms with E-state index in [1.807, 2.05) is 0 Å². The second-order valence-corrected chi connectivity index (χ2v) is 8.17. The Bertz CT molecular complexity index is 542. The SMILES string of the molecule is CC(NC(=O)[C@@H](N)CC(=O)O)C(=O)OC1C2(C)CCC(C2)C1(C)C. The van der Waals surface area contributed by atoms with Crippen LogP contribution >= 0.6 is 0 Å². The molecule has 4 unspecified atom stereocenters. The third-order valence-corrected chi connectivity index (χ3v) is 5.82. The van der Waals surface area contributed by atoms with E-state index in [1.54, 1.807) is 0 Å². The molecule has 4 N–H and O–H groups in total. The third-order valence-electron chi connectivity index (χ3n) is 5.82. The monoisotopic (exact) mass is 340 g/mol. The van der Waals surface area contributed by atoms with E-state index in [0.29, 0.717) is 5.92 Å². The fraction of sp³-hybridized carbons (Fsp3) is 0.824. The Kier molecular flexibility index (Phi) is 4.95. The van der Waals surface area contributed by atoms with Gasteiger partial charge in [0.2, 0.25) is 5.91 Å². The Hall–Kier alpha value is -1.63. The van der Waals surface area contributed by atoms with Crippen molar-refractivity contribution in [3.05, 3.63) is 0 Å². The van der Waals surface area contributed by atoms with Gasteiger partial charge in [-0.1, -0.05) is 20.8 Å². The topological polar surface area (TPSA) is 119 Å². The summed E-state index contributed by atoms with van der Waals surface area (Å²) in [5, 5.41) is 11.1. The van der Waals surface area contributed by atoms with E-state index < -0.39 is 36.4 Å². The fourth-order valence-corrected chi connectivity index (χ4v) is 4.43. The molecule has 1 amide bonds. The van der Waals surface area contributed by atoms with Crippen molar-refractivity contribution in [2.75, 3.05) is 0 Å². The molecule has 24 heavy (non-hydrogen) atoms. The van der Waals surface area contributed by atoms with Gasteiger partial charge in [0, 0.05) is 10.8 Å². The van der Waals surface area contributed by atoms with Crippen molar-refractivity contribution in [2.45, 2.75) is 71.6 Å². The van der Waals surface area contributed by atoms with Gasteiger partial charge in [0.25, 0.3) is 0 Å². The number of carboxylic acid groups (broad SMARTS) is 1. The maximum Gasteiger partial charge on any atom is 0.328 e. The van der Waals surface area contributed by atoms with Crippen LogP contribution < -0.4 is 11.1 Å². The van der Waals surface area contributed by atoms with Crippen LogP contribution in [0.15, 0.2) is 0 Å². The number of carbonyl (C=O) groups is 3. The van der Waals surface area contributed by atoms with E-state index in [2.05, 4.69) is 26.1 Å². The number of rotatable bonds is 6. The maximum absolute atomic E-state index is 12.4. The minimum absolute atomic E-state index is 0.00668. The smallest absolute Gasteiger partial charge is 0.328 e. The quantitative estimate of drug-likeness (QED) is 0.622. The zero-order valence-electron chi connectivity index (χ0n) is 14.8. The molecule has 7 heteroatoms. The van der Waals surface area contributed by atoms with E-state index in [4.69, 9.17) is 15.6 Å². The van der Waals surface area contributed by atoms with Gasteiger partial charge in [-0.3, -0.25) is 9.59 Å². The van der Waals surface area contributed by atoms with Crippen molar-refractivity contribution in [2.24, 2.45) is 22.5 Å². The first-order chi connectivity index (χ1) is 11.0. The normalized spacial score (nSPS) is 32.9. The van der Waals surface area contributed by atoms with Gasteiger partial charge in [0.1, 0.15) is 12.1 Å². The minimum Gasteiger partial charge on any atom is -0.481 e. The number of aliphatic carboxylic acids is 1. The van der Waals surface area contributed by atoms with E-state index in [9.17, 15) is 14.4 Å². The average Bonchev–Trinajstić information content (AvgIpc) is 2.93. The van der Waals surface area contributed by atoms with Gasteiger partial charge in [-0.15, -0.1) is 0 Å². The fourth-order valence-electron chi connectivity index (χ4n) is 4.43. The number of hydrogen-bond donors (Lipinski definition) is 3.